The van der Waals surface area contributed by atoms with Crippen molar-refractivity contribution < 1.29 is 23.9 Å². The van der Waals surface area contributed by atoms with Gasteiger partial charge in [-0.2, -0.15) is 0 Å². The highest BCUT2D eigenvalue weighted by atomic mass is 79.9. The van der Waals surface area contributed by atoms with E-state index in [1.54, 1.807) is 55.5 Å². The highest BCUT2D eigenvalue weighted by Crippen LogP contribution is 2.26. The Labute approximate surface area is 170 Å². The number of carbonyl (C=O) groups excluding carboxylic acids is 3. The molecule has 1 heterocycles. The Morgan fingerprint density at radius 1 is 1.14 bits per heavy atom. The maximum atomic E-state index is 12.7. The molecule has 1 fully saturated rings. The van der Waals surface area contributed by atoms with Gasteiger partial charge in [-0.15, -0.1) is 0 Å². The van der Waals surface area contributed by atoms with Crippen LogP contribution >= 0.6 is 15.9 Å². The van der Waals surface area contributed by atoms with Gasteiger partial charge in [0, 0.05) is 10.0 Å². The van der Waals surface area contributed by atoms with E-state index in [1.807, 2.05) is 0 Å². The maximum Gasteiger partial charge on any atom is 0.344 e. The van der Waals surface area contributed by atoms with E-state index in [-0.39, 0.29) is 18.8 Å². The van der Waals surface area contributed by atoms with Crippen LogP contribution < -0.4 is 15.2 Å². The lowest BCUT2D eigenvalue weighted by molar-refractivity contribution is -0.145. The number of esters is 1. The van der Waals surface area contributed by atoms with Crippen LogP contribution in [0.2, 0.25) is 0 Å². The topological polar surface area (TPSA) is 84.9 Å². The average molecular weight is 445 g/mol. The van der Waals surface area contributed by atoms with Crippen LogP contribution in [0.4, 0.5) is 5.69 Å². The van der Waals surface area contributed by atoms with E-state index in [0.29, 0.717) is 17.0 Å². The normalized spacial score (nSPS) is 14.9. The van der Waals surface area contributed by atoms with Crippen LogP contribution in [-0.2, 0) is 19.1 Å². The van der Waals surface area contributed by atoms with Crippen molar-refractivity contribution in [2.45, 2.75) is 6.92 Å². The van der Waals surface area contributed by atoms with E-state index >= 15 is 0 Å². The SMILES string of the molecule is CCOC(=O)COc1ccccc1C=C1C(=O)NN(c2ccc(Br)cc2)C1=O. The fourth-order valence-electron chi connectivity index (χ4n) is 2.56. The molecule has 0 atom stereocenters. The van der Waals surface area contributed by atoms with Gasteiger partial charge in [0.2, 0.25) is 0 Å². The molecule has 1 aliphatic heterocycles. The quantitative estimate of drug-likeness (QED) is 0.420. The fraction of sp³-hybridized carbons (Fsp3) is 0.150. The third kappa shape index (κ3) is 4.40. The van der Waals surface area contributed by atoms with Crippen LogP contribution in [0.25, 0.3) is 6.08 Å². The first kappa shape index (κ1) is 19.6. The van der Waals surface area contributed by atoms with Crippen molar-refractivity contribution in [2.24, 2.45) is 0 Å². The second kappa shape index (κ2) is 8.71. The lowest BCUT2D eigenvalue weighted by Gasteiger charge is -2.14. The molecular formula is C20H17BrN2O5. The molecule has 2 amide bonds. The minimum atomic E-state index is -0.520. The molecule has 0 unspecified atom stereocenters. The van der Waals surface area contributed by atoms with Gasteiger partial charge in [0.05, 0.1) is 12.3 Å². The van der Waals surface area contributed by atoms with Gasteiger partial charge >= 0.3 is 5.97 Å². The van der Waals surface area contributed by atoms with Crippen molar-refractivity contribution in [1.29, 1.82) is 0 Å². The summed E-state index contributed by atoms with van der Waals surface area (Å²) in [4.78, 5) is 36.6. The van der Waals surface area contributed by atoms with Crippen molar-refractivity contribution in [3.63, 3.8) is 0 Å². The Morgan fingerprint density at radius 2 is 1.86 bits per heavy atom. The molecule has 0 aromatic heterocycles. The summed E-state index contributed by atoms with van der Waals surface area (Å²) in [5, 5.41) is 1.18. The Kier molecular flexibility index (Phi) is 6.10. The molecule has 0 saturated carbocycles. The fourth-order valence-corrected chi connectivity index (χ4v) is 2.82. The summed E-state index contributed by atoms with van der Waals surface area (Å²) in [6, 6.07) is 13.8. The summed E-state index contributed by atoms with van der Waals surface area (Å²) in [7, 11) is 0. The second-order valence-electron chi connectivity index (χ2n) is 5.75. The average Bonchev–Trinajstić information content (AvgIpc) is 2.96. The minimum absolute atomic E-state index is 0.0323. The van der Waals surface area contributed by atoms with Gasteiger partial charge in [0.15, 0.2) is 6.61 Å². The van der Waals surface area contributed by atoms with Gasteiger partial charge in [-0.3, -0.25) is 15.0 Å². The number of halogens is 1. The monoisotopic (exact) mass is 444 g/mol. The van der Waals surface area contributed by atoms with Crippen LogP contribution in [-0.4, -0.2) is 31.0 Å². The molecule has 1 saturated heterocycles. The number of amides is 2. The van der Waals surface area contributed by atoms with E-state index in [2.05, 4.69) is 21.4 Å². The van der Waals surface area contributed by atoms with Crippen molar-refractivity contribution in [3.05, 3.63) is 64.1 Å². The zero-order chi connectivity index (χ0) is 20.1. The molecule has 2 aromatic carbocycles. The number of rotatable bonds is 6. The van der Waals surface area contributed by atoms with E-state index < -0.39 is 17.8 Å². The predicted octanol–water partition coefficient (Wildman–Crippen LogP) is 2.85. The lowest BCUT2D eigenvalue weighted by Crippen LogP contribution is -2.35. The van der Waals surface area contributed by atoms with Crippen LogP contribution in [0.5, 0.6) is 5.75 Å². The molecule has 3 rings (SSSR count). The van der Waals surface area contributed by atoms with Gasteiger partial charge in [-0.25, -0.2) is 9.80 Å². The summed E-state index contributed by atoms with van der Waals surface area (Å²) >= 11 is 3.33. The molecule has 1 aliphatic rings. The Hall–Kier alpha value is -3.13. The zero-order valence-corrected chi connectivity index (χ0v) is 16.6. The molecule has 0 bridgehead atoms. The number of ether oxygens (including phenoxy) is 2. The molecule has 2 aromatic rings. The second-order valence-corrected chi connectivity index (χ2v) is 6.66. The van der Waals surface area contributed by atoms with Crippen LogP contribution in [0.15, 0.2) is 58.6 Å². The Balaban J connectivity index is 1.83. The van der Waals surface area contributed by atoms with Crippen molar-refractivity contribution in [3.8, 4) is 5.75 Å². The smallest absolute Gasteiger partial charge is 0.344 e. The van der Waals surface area contributed by atoms with Crippen LogP contribution in [0.1, 0.15) is 12.5 Å². The third-order valence-corrected chi connectivity index (χ3v) is 4.37. The number of hydrazine groups is 1. The maximum absolute atomic E-state index is 12.7. The summed E-state index contributed by atoms with van der Waals surface area (Å²) < 4.78 is 11.2. The molecule has 0 radical (unpaired) electrons. The van der Waals surface area contributed by atoms with Gasteiger partial charge in [0.1, 0.15) is 11.3 Å². The number of para-hydroxylation sites is 1. The summed E-state index contributed by atoms with van der Waals surface area (Å²) in [5.74, 6) is -1.13. The highest BCUT2D eigenvalue weighted by molar-refractivity contribution is 9.10. The van der Waals surface area contributed by atoms with Crippen LogP contribution in [0, 0.1) is 0 Å². The molecular weight excluding hydrogens is 428 g/mol. The number of nitrogens with one attached hydrogen (secondary N) is 1. The first-order chi connectivity index (χ1) is 13.5. The molecule has 0 aliphatic carbocycles. The predicted molar refractivity (Wildman–Crippen MR) is 106 cm³/mol. The van der Waals surface area contributed by atoms with E-state index in [0.717, 1.165) is 4.47 Å². The lowest BCUT2D eigenvalue weighted by atomic mass is 10.1. The summed E-state index contributed by atoms with van der Waals surface area (Å²) in [6.45, 7) is 1.70. The van der Waals surface area contributed by atoms with E-state index in [9.17, 15) is 14.4 Å². The molecule has 144 valence electrons. The number of carbonyl (C=O) groups is 3. The van der Waals surface area contributed by atoms with Gasteiger partial charge in [-0.1, -0.05) is 34.1 Å². The van der Waals surface area contributed by atoms with Gasteiger partial charge in [0.25, 0.3) is 11.8 Å². The number of hydrogen-bond donors (Lipinski definition) is 1. The summed E-state index contributed by atoms with van der Waals surface area (Å²) in [6.07, 6.45) is 1.44. The molecule has 8 heteroatoms. The van der Waals surface area contributed by atoms with E-state index in [4.69, 9.17) is 9.47 Å². The molecule has 28 heavy (non-hydrogen) atoms. The number of hydrogen-bond acceptors (Lipinski definition) is 5. The van der Waals surface area contributed by atoms with Gasteiger partial charge in [-0.05, 0) is 43.3 Å². The Bertz CT molecular complexity index is 940. The van der Waals surface area contributed by atoms with Crippen molar-refractivity contribution in [1.82, 2.24) is 5.43 Å². The van der Waals surface area contributed by atoms with Crippen LogP contribution in [0.3, 0.4) is 0 Å². The number of benzene rings is 2. The van der Waals surface area contributed by atoms with Crippen molar-refractivity contribution >= 4 is 45.5 Å². The first-order valence-corrected chi connectivity index (χ1v) is 9.29. The van der Waals surface area contributed by atoms with Crippen molar-refractivity contribution in [2.75, 3.05) is 18.2 Å². The zero-order valence-electron chi connectivity index (χ0n) is 15.0. The third-order valence-electron chi connectivity index (χ3n) is 3.85. The minimum Gasteiger partial charge on any atom is -0.481 e. The first-order valence-electron chi connectivity index (χ1n) is 8.49. The number of nitrogens with zero attached hydrogens (tertiary/aromatic N) is 1. The Morgan fingerprint density at radius 3 is 2.57 bits per heavy atom. The molecule has 1 N–H and O–H groups in total. The highest BCUT2D eigenvalue weighted by Gasteiger charge is 2.34. The molecule has 7 nitrogen and oxygen atoms in total. The van der Waals surface area contributed by atoms with E-state index in [1.165, 1.54) is 11.1 Å². The molecule has 0 spiro atoms. The standard InChI is InChI=1S/C20H17BrN2O5/c1-2-27-18(24)12-28-17-6-4-3-5-13(17)11-16-19(25)22-23(20(16)26)15-9-7-14(21)8-10-15/h3-11H,2,12H2,1H3,(H,22,25). The summed E-state index contributed by atoms with van der Waals surface area (Å²) in [5.41, 5.74) is 3.55. The van der Waals surface area contributed by atoms with Gasteiger partial charge < -0.3 is 9.47 Å². The largest absolute Gasteiger partial charge is 0.481 e. The number of anilines is 1.